The van der Waals surface area contributed by atoms with Gasteiger partial charge in [-0.15, -0.1) is 0 Å². The first kappa shape index (κ1) is 28.3. The molecule has 0 fully saturated rings. The number of aryl methyl sites for hydroxylation is 2. The van der Waals surface area contributed by atoms with Gasteiger partial charge in [0.15, 0.2) is 0 Å². The van der Waals surface area contributed by atoms with Crippen LogP contribution in [0.15, 0.2) is 78.9 Å². The zero-order chi connectivity index (χ0) is 26.3. The number of nitrogens with zero attached hydrogens (tertiary/aromatic N) is 2. The molecule has 0 heterocycles. The van der Waals surface area contributed by atoms with E-state index in [4.69, 9.17) is 4.74 Å². The molecule has 3 aromatic carbocycles. The maximum Gasteiger partial charge on any atom is 0.275 e. The summed E-state index contributed by atoms with van der Waals surface area (Å²) in [6.07, 6.45) is 9.60. The number of benzene rings is 3. The van der Waals surface area contributed by atoms with Crippen LogP contribution in [-0.4, -0.2) is 29.6 Å². The molecule has 5 heteroatoms. The van der Waals surface area contributed by atoms with Gasteiger partial charge in [0.1, 0.15) is 0 Å². The molecule has 0 spiro atoms. The highest BCUT2D eigenvalue weighted by Crippen LogP contribution is 2.25. The van der Waals surface area contributed by atoms with Crippen LogP contribution in [0, 0.1) is 24.0 Å². The first-order valence-electron chi connectivity index (χ1n) is 13.3. The molecule has 0 aliphatic carbocycles. The molecule has 0 aliphatic rings. The van der Waals surface area contributed by atoms with E-state index in [0.29, 0.717) is 17.7 Å². The van der Waals surface area contributed by atoms with E-state index in [1.54, 1.807) is 13.8 Å². The second-order valence-electron chi connectivity index (χ2n) is 9.66. The lowest BCUT2D eigenvalue weighted by molar-refractivity contribution is -0.386. The van der Waals surface area contributed by atoms with Gasteiger partial charge in [0.05, 0.1) is 11.5 Å². The number of nitro benzene ring substituents is 1. The summed E-state index contributed by atoms with van der Waals surface area (Å²) in [5.41, 5.74) is 5.32. The van der Waals surface area contributed by atoms with Crippen LogP contribution in [0.25, 0.3) is 6.08 Å². The van der Waals surface area contributed by atoms with Crippen LogP contribution in [0.5, 0.6) is 0 Å². The Morgan fingerprint density at radius 1 is 0.811 bits per heavy atom. The van der Waals surface area contributed by atoms with Gasteiger partial charge in [-0.1, -0.05) is 85.7 Å². The van der Waals surface area contributed by atoms with Crippen molar-refractivity contribution in [3.05, 3.63) is 117 Å². The molecule has 5 nitrogen and oxygen atoms in total. The molecule has 37 heavy (non-hydrogen) atoms. The highest BCUT2D eigenvalue weighted by atomic mass is 16.6. The van der Waals surface area contributed by atoms with Crippen molar-refractivity contribution >= 4 is 11.8 Å². The third-order valence-corrected chi connectivity index (χ3v) is 6.45. The minimum Gasteiger partial charge on any atom is -0.381 e. The van der Waals surface area contributed by atoms with Crippen molar-refractivity contribution < 1.29 is 9.66 Å². The van der Waals surface area contributed by atoms with E-state index >= 15 is 0 Å². The van der Waals surface area contributed by atoms with Crippen LogP contribution in [0.3, 0.4) is 0 Å². The largest absolute Gasteiger partial charge is 0.381 e. The Morgan fingerprint density at radius 2 is 1.38 bits per heavy atom. The Labute approximate surface area is 221 Å². The van der Waals surface area contributed by atoms with Crippen molar-refractivity contribution in [2.75, 3.05) is 19.8 Å². The summed E-state index contributed by atoms with van der Waals surface area (Å²) >= 11 is 0. The number of nitro groups is 1. The number of unbranched alkanes of at least 4 members (excludes halogenated alkanes) is 3. The second kappa shape index (κ2) is 15.7. The summed E-state index contributed by atoms with van der Waals surface area (Å²) < 4.78 is 5.80. The zero-order valence-corrected chi connectivity index (χ0v) is 22.3. The summed E-state index contributed by atoms with van der Waals surface area (Å²) in [4.78, 5) is 13.4. The first-order valence-corrected chi connectivity index (χ1v) is 13.3. The van der Waals surface area contributed by atoms with Gasteiger partial charge < -0.3 is 4.74 Å². The van der Waals surface area contributed by atoms with E-state index in [0.717, 1.165) is 44.6 Å². The number of rotatable bonds is 16. The SMILES string of the molecule is Cc1cc(/C=C/CCOCCCCCCN(Cc2ccccc2)Cc2ccccc2)cc(C)c1[N+](=O)[O-]. The van der Waals surface area contributed by atoms with Crippen LogP contribution in [-0.2, 0) is 17.8 Å². The van der Waals surface area contributed by atoms with Crippen LogP contribution in [0.2, 0.25) is 0 Å². The second-order valence-corrected chi connectivity index (χ2v) is 9.66. The molecule has 0 unspecified atom stereocenters. The lowest BCUT2D eigenvalue weighted by Gasteiger charge is -2.22. The summed E-state index contributed by atoms with van der Waals surface area (Å²) in [7, 11) is 0. The topological polar surface area (TPSA) is 55.6 Å². The maximum absolute atomic E-state index is 11.1. The third-order valence-electron chi connectivity index (χ3n) is 6.45. The molecule has 0 aliphatic heterocycles. The van der Waals surface area contributed by atoms with Gasteiger partial charge in [-0.05, 0) is 68.5 Å². The van der Waals surface area contributed by atoms with Gasteiger partial charge in [0, 0.05) is 30.8 Å². The lowest BCUT2D eigenvalue weighted by Crippen LogP contribution is -2.24. The van der Waals surface area contributed by atoms with E-state index in [1.165, 1.54) is 30.4 Å². The summed E-state index contributed by atoms with van der Waals surface area (Å²) in [5, 5.41) is 11.1. The fourth-order valence-electron chi connectivity index (χ4n) is 4.64. The van der Waals surface area contributed by atoms with E-state index in [9.17, 15) is 10.1 Å². The lowest BCUT2D eigenvalue weighted by atomic mass is 10.0. The molecule has 0 N–H and O–H groups in total. The molecule has 0 bridgehead atoms. The summed E-state index contributed by atoms with van der Waals surface area (Å²) in [6.45, 7) is 8.11. The standard InChI is InChI=1S/C32H40N2O3/c1-27-23-31(24-28(2)32(27)34(35)36)19-11-14-22-37-21-13-4-3-12-20-33(25-29-15-7-5-8-16-29)26-30-17-9-6-10-18-30/h5-11,15-19,23-24H,3-4,12-14,20-22,25-26H2,1-2H3/b19-11+. The average Bonchev–Trinajstić information content (AvgIpc) is 2.88. The van der Waals surface area contributed by atoms with Gasteiger partial charge in [0.2, 0.25) is 0 Å². The number of hydrogen-bond donors (Lipinski definition) is 0. The molecule has 196 valence electrons. The van der Waals surface area contributed by atoms with Crippen molar-refractivity contribution in [3.8, 4) is 0 Å². The van der Waals surface area contributed by atoms with E-state index in [-0.39, 0.29) is 10.6 Å². The monoisotopic (exact) mass is 500 g/mol. The Morgan fingerprint density at radius 3 is 1.95 bits per heavy atom. The zero-order valence-electron chi connectivity index (χ0n) is 22.3. The minimum atomic E-state index is -0.308. The fraction of sp³-hybridized carbons (Fsp3) is 0.375. The Balaban J connectivity index is 1.29. The minimum absolute atomic E-state index is 0.209. The van der Waals surface area contributed by atoms with Crippen LogP contribution < -0.4 is 0 Å². The van der Waals surface area contributed by atoms with Crippen molar-refractivity contribution in [1.82, 2.24) is 4.90 Å². The van der Waals surface area contributed by atoms with Crippen molar-refractivity contribution in [3.63, 3.8) is 0 Å². The molecule has 0 saturated carbocycles. The molecule has 0 saturated heterocycles. The normalized spacial score (nSPS) is 11.4. The Hall–Kier alpha value is -3.28. The maximum atomic E-state index is 11.1. The van der Waals surface area contributed by atoms with Crippen molar-refractivity contribution in [2.24, 2.45) is 0 Å². The molecule has 0 radical (unpaired) electrons. The first-order chi connectivity index (χ1) is 18.0. The molecule has 0 amide bonds. The van der Waals surface area contributed by atoms with Crippen LogP contribution in [0.1, 0.15) is 59.9 Å². The van der Waals surface area contributed by atoms with E-state index in [1.807, 2.05) is 18.2 Å². The number of ether oxygens (including phenoxy) is 1. The number of hydrogen-bond acceptors (Lipinski definition) is 4. The summed E-state index contributed by atoms with van der Waals surface area (Å²) in [6, 6.07) is 25.2. The van der Waals surface area contributed by atoms with Crippen LogP contribution in [0.4, 0.5) is 5.69 Å². The highest BCUT2D eigenvalue weighted by molar-refractivity contribution is 5.58. The predicted octanol–water partition coefficient (Wildman–Crippen LogP) is 7.89. The van der Waals surface area contributed by atoms with Gasteiger partial charge in [-0.2, -0.15) is 0 Å². The quantitative estimate of drug-likeness (QED) is 0.114. The van der Waals surface area contributed by atoms with Crippen molar-refractivity contribution in [2.45, 2.75) is 59.0 Å². The summed E-state index contributed by atoms with van der Waals surface area (Å²) in [5.74, 6) is 0. The fourth-order valence-corrected chi connectivity index (χ4v) is 4.64. The average molecular weight is 501 g/mol. The molecule has 0 atom stereocenters. The van der Waals surface area contributed by atoms with E-state index < -0.39 is 0 Å². The smallest absolute Gasteiger partial charge is 0.275 e. The van der Waals surface area contributed by atoms with Gasteiger partial charge >= 0.3 is 0 Å². The molecular weight excluding hydrogens is 460 g/mol. The highest BCUT2D eigenvalue weighted by Gasteiger charge is 2.14. The van der Waals surface area contributed by atoms with Gasteiger partial charge in [0.25, 0.3) is 5.69 Å². The van der Waals surface area contributed by atoms with Gasteiger partial charge in [-0.3, -0.25) is 15.0 Å². The Kier molecular flexibility index (Phi) is 12.0. The Bertz CT molecular complexity index is 1050. The molecule has 0 aromatic heterocycles. The predicted molar refractivity (Wildman–Crippen MR) is 153 cm³/mol. The van der Waals surface area contributed by atoms with Crippen LogP contribution >= 0.6 is 0 Å². The molecular formula is C32H40N2O3. The van der Waals surface area contributed by atoms with E-state index in [2.05, 4.69) is 71.6 Å². The molecule has 3 rings (SSSR count). The molecule has 3 aromatic rings. The third kappa shape index (κ3) is 10.3. The van der Waals surface area contributed by atoms with Gasteiger partial charge in [-0.25, -0.2) is 0 Å². The van der Waals surface area contributed by atoms with Crippen molar-refractivity contribution in [1.29, 1.82) is 0 Å².